The summed E-state index contributed by atoms with van der Waals surface area (Å²) in [7, 11) is -3.66. The number of ketones is 1. The van der Waals surface area contributed by atoms with Crippen LogP contribution >= 0.6 is 7.14 Å². The molecule has 0 atom stereocenters. The van der Waals surface area contributed by atoms with Gasteiger partial charge in [-0.2, -0.15) is 0 Å². The molecule has 0 bridgehead atoms. The number of ether oxygens (including phenoxy) is 2. The monoisotopic (exact) mass is 560 g/mol. The Labute approximate surface area is 234 Å². The van der Waals surface area contributed by atoms with Gasteiger partial charge in [-0.05, 0) is 43.0 Å². The first-order valence-electron chi connectivity index (χ1n) is 13.0. The molecule has 0 saturated heterocycles. The van der Waals surface area contributed by atoms with Crippen LogP contribution in [0.4, 0.5) is 0 Å². The molecule has 3 aromatic carbocycles. The Morgan fingerprint density at radius 1 is 0.775 bits per heavy atom. The van der Waals surface area contributed by atoms with Crippen LogP contribution in [0.3, 0.4) is 0 Å². The summed E-state index contributed by atoms with van der Waals surface area (Å²) in [6.07, 6.45) is 1.59. The Balaban J connectivity index is 1.66. The van der Waals surface area contributed by atoms with Crippen LogP contribution in [0, 0.1) is 13.8 Å². The molecule has 0 aliphatic rings. The van der Waals surface area contributed by atoms with Gasteiger partial charge in [0.1, 0.15) is 6.61 Å². The van der Waals surface area contributed by atoms with Crippen molar-refractivity contribution >= 4 is 41.0 Å². The number of hydrogen-bond donors (Lipinski definition) is 0. The average Bonchev–Trinajstić information content (AvgIpc) is 2.97. The van der Waals surface area contributed by atoms with Crippen LogP contribution in [0.25, 0.3) is 0 Å². The number of hydrogen-bond acceptors (Lipinski definition) is 7. The molecule has 0 heterocycles. The molecule has 7 nitrogen and oxygen atoms in total. The summed E-state index contributed by atoms with van der Waals surface area (Å²) in [6.45, 7) is 6.98. The van der Waals surface area contributed by atoms with Gasteiger partial charge in [0.05, 0.1) is 19.4 Å². The number of esters is 2. The van der Waals surface area contributed by atoms with Gasteiger partial charge < -0.3 is 14.0 Å². The van der Waals surface area contributed by atoms with Crippen LogP contribution in [-0.2, 0) is 35.0 Å². The zero-order valence-corrected chi connectivity index (χ0v) is 23.7. The number of rotatable bonds is 14. The van der Waals surface area contributed by atoms with Gasteiger partial charge in [0.25, 0.3) is 0 Å². The highest BCUT2D eigenvalue weighted by Gasteiger charge is 2.38. The van der Waals surface area contributed by atoms with Crippen molar-refractivity contribution in [2.45, 2.75) is 46.1 Å². The largest absolute Gasteiger partial charge is 0.466 e. The second-order valence-corrected chi connectivity index (χ2v) is 12.0. The molecule has 0 fully saturated rings. The van der Waals surface area contributed by atoms with E-state index < -0.39 is 24.6 Å². The highest BCUT2D eigenvalue weighted by atomic mass is 31.2. The van der Waals surface area contributed by atoms with E-state index in [2.05, 4.69) is 6.58 Å². The van der Waals surface area contributed by atoms with Crippen molar-refractivity contribution < 1.29 is 33.2 Å². The Bertz CT molecular complexity index is 1360. The highest BCUT2D eigenvalue weighted by molar-refractivity contribution is 7.93. The SMILES string of the molecule is C=CC(=O)CCCOC(=O)CCC(=O)OCc1cc(C)c(C(=O)P(=O)(c2ccccc2)c2ccccc2)c(C)c1. The molecule has 0 N–H and O–H groups in total. The molecule has 0 unspecified atom stereocenters. The Morgan fingerprint density at radius 2 is 1.27 bits per heavy atom. The van der Waals surface area contributed by atoms with Crippen LogP contribution in [-0.4, -0.2) is 29.9 Å². The van der Waals surface area contributed by atoms with Crippen molar-refractivity contribution in [3.63, 3.8) is 0 Å². The minimum atomic E-state index is -3.66. The summed E-state index contributed by atoms with van der Waals surface area (Å²) in [6, 6.07) is 21.0. The summed E-state index contributed by atoms with van der Waals surface area (Å²) >= 11 is 0. The molecular formula is C32H33O7P. The normalized spacial score (nSPS) is 10.9. The van der Waals surface area contributed by atoms with E-state index in [0.29, 0.717) is 39.3 Å². The molecule has 40 heavy (non-hydrogen) atoms. The van der Waals surface area contributed by atoms with E-state index in [4.69, 9.17) is 9.47 Å². The fraction of sp³-hybridized carbons (Fsp3) is 0.250. The Kier molecular flexibility index (Phi) is 10.9. The van der Waals surface area contributed by atoms with Gasteiger partial charge in [-0.15, -0.1) is 0 Å². The number of carbonyl (C=O) groups excluding carboxylic acids is 4. The summed E-state index contributed by atoms with van der Waals surface area (Å²) in [4.78, 5) is 49.1. The lowest BCUT2D eigenvalue weighted by atomic mass is 10.0. The molecular weight excluding hydrogens is 527 g/mol. The summed E-state index contributed by atoms with van der Waals surface area (Å²) in [5, 5.41) is 0.929. The van der Waals surface area contributed by atoms with Crippen LogP contribution in [0.5, 0.6) is 0 Å². The minimum Gasteiger partial charge on any atom is -0.466 e. The quantitative estimate of drug-likeness (QED) is 0.113. The zero-order chi connectivity index (χ0) is 29.1. The van der Waals surface area contributed by atoms with Gasteiger partial charge in [-0.3, -0.25) is 19.2 Å². The summed E-state index contributed by atoms with van der Waals surface area (Å²) in [5.74, 6) is -1.23. The first-order chi connectivity index (χ1) is 19.2. The number of aryl methyl sites for hydroxylation is 2. The van der Waals surface area contributed by atoms with E-state index in [0.717, 1.165) is 0 Å². The standard InChI is InChI=1S/C32H33O7P/c1-4-26(33)12-11-19-38-29(34)17-18-30(35)39-22-25-20-23(2)31(24(3)21-25)32(36)40(37,27-13-7-5-8-14-27)28-15-9-6-10-16-28/h4-10,13-16,20-21H,1,11-12,17-19,22H2,2-3H3. The number of allylic oxidation sites excluding steroid dienone is 1. The third kappa shape index (κ3) is 7.73. The molecule has 0 aliphatic heterocycles. The van der Waals surface area contributed by atoms with Crippen LogP contribution in [0.2, 0.25) is 0 Å². The Morgan fingerprint density at radius 3 is 1.77 bits per heavy atom. The maximum Gasteiger partial charge on any atom is 0.306 e. The smallest absolute Gasteiger partial charge is 0.306 e. The van der Waals surface area contributed by atoms with Gasteiger partial charge in [-0.25, -0.2) is 0 Å². The van der Waals surface area contributed by atoms with Crippen molar-refractivity contribution in [1.82, 2.24) is 0 Å². The van der Waals surface area contributed by atoms with Gasteiger partial charge in [0.15, 0.2) is 5.78 Å². The third-order valence-electron chi connectivity index (χ3n) is 6.32. The van der Waals surface area contributed by atoms with Crippen molar-refractivity contribution in [2.24, 2.45) is 0 Å². The maximum absolute atomic E-state index is 14.5. The first kappa shape index (κ1) is 30.5. The van der Waals surface area contributed by atoms with Crippen molar-refractivity contribution in [3.05, 3.63) is 108 Å². The fourth-order valence-electron chi connectivity index (χ4n) is 4.34. The van der Waals surface area contributed by atoms with Crippen LogP contribution in [0.1, 0.15) is 52.7 Å². The molecule has 0 amide bonds. The topological polar surface area (TPSA) is 104 Å². The molecule has 3 aromatic rings. The van der Waals surface area contributed by atoms with Gasteiger partial charge >= 0.3 is 11.9 Å². The lowest BCUT2D eigenvalue weighted by molar-refractivity contribution is -0.151. The van der Waals surface area contributed by atoms with E-state index in [-0.39, 0.29) is 38.3 Å². The average molecular weight is 561 g/mol. The van der Waals surface area contributed by atoms with Crippen LogP contribution in [0.15, 0.2) is 85.5 Å². The second-order valence-electron chi connectivity index (χ2n) is 9.35. The van der Waals surface area contributed by atoms with Crippen molar-refractivity contribution in [2.75, 3.05) is 6.61 Å². The molecule has 8 heteroatoms. The van der Waals surface area contributed by atoms with Crippen LogP contribution < -0.4 is 10.6 Å². The van der Waals surface area contributed by atoms with Gasteiger partial charge in [-0.1, -0.05) is 79.4 Å². The molecule has 0 saturated carbocycles. The molecule has 0 radical (unpaired) electrons. The molecule has 0 spiro atoms. The van der Waals surface area contributed by atoms with Gasteiger partial charge in [0.2, 0.25) is 12.7 Å². The molecule has 208 valence electrons. The van der Waals surface area contributed by atoms with Crippen molar-refractivity contribution in [1.29, 1.82) is 0 Å². The Hall–Kier alpha value is -4.09. The van der Waals surface area contributed by atoms with E-state index in [1.165, 1.54) is 6.08 Å². The van der Waals surface area contributed by atoms with E-state index in [1.54, 1.807) is 74.5 Å². The van der Waals surface area contributed by atoms with E-state index in [9.17, 15) is 23.7 Å². The molecule has 0 aliphatic carbocycles. The predicted octanol–water partition coefficient (Wildman–Crippen LogP) is 5.36. The third-order valence-corrected chi connectivity index (χ3v) is 9.17. The molecule has 0 aromatic heterocycles. The minimum absolute atomic E-state index is 0.0390. The number of benzene rings is 3. The molecule has 3 rings (SSSR count). The van der Waals surface area contributed by atoms with Crippen molar-refractivity contribution in [3.8, 4) is 0 Å². The predicted molar refractivity (Wildman–Crippen MR) is 154 cm³/mol. The summed E-state index contributed by atoms with van der Waals surface area (Å²) < 4.78 is 24.8. The fourth-order valence-corrected chi connectivity index (χ4v) is 6.96. The lowest BCUT2D eigenvalue weighted by Crippen LogP contribution is -2.23. The van der Waals surface area contributed by atoms with Gasteiger partial charge in [0, 0.05) is 22.6 Å². The number of carbonyl (C=O) groups is 4. The zero-order valence-electron chi connectivity index (χ0n) is 22.8. The highest BCUT2D eigenvalue weighted by Crippen LogP contribution is 2.48. The second kappa shape index (κ2) is 14.3. The lowest BCUT2D eigenvalue weighted by Gasteiger charge is -2.21. The van der Waals surface area contributed by atoms with E-state index in [1.807, 2.05) is 12.1 Å². The summed E-state index contributed by atoms with van der Waals surface area (Å²) in [5.41, 5.74) is 1.85. The maximum atomic E-state index is 14.5. The first-order valence-corrected chi connectivity index (χ1v) is 14.7. The van der Waals surface area contributed by atoms with E-state index >= 15 is 0 Å².